The number of carbonyl (C=O) groups is 3. The Morgan fingerprint density at radius 2 is 1.18 bits per heavy atom. The number of nitrogens with one attached hydrogen (secondary N) is 1. The molecular weight excluding hydrogens is 655 g/mol. The molecular formula is C36H46F3N5O6. The SMILES string of the molecule is CC(C)(C)OC(=O)N(Cc1cc(CN(Cc2ccccn2)C(=O)OC(C)(C)C)cc(OCCCCNC(=O)C(F)(F)F)c1)Cc1ccccn1. The Bertz CT molecular complexity index is 1450. The highest BCUT2D eigenvalue weighted by atomic mass is 19.4. The predicted molar refractivity (Wildman–Crippen MR) is 180 cm³/mol. The molecule has 0 radical (unpaired) electrons. The van der Waals surface area contributed by atoms with Gasteiger partial charge in [0.15, 0.2) is 0 Å². The second kappa shape index (κ2) is 17.7. The Balaban J connectivity index is 1.90. The number of alkyl halides is 3. The molecule has 272 valence electrons. The van der Waals surface area contributed by atoms with Crippen LogP contribution in [0.25, 0.3) is 0 Å². The van der Waals surface area contributed by atoms with Crippen molar-refractivity contribution in [2.24, 2.45) is 0 Å². The Labute approximate surface area is 291 Å². The number of amides is 3. The summed E-state index contributed by atoms with van der Waals surface area (Å²) in [5.74, 6) is -1.57. The predicted octanol–water partition coefficient (Wildman–Crippen LogP) is 7.19. The van der Waals surface area contributed by atoms with Crippen LogP contribution in [0.2, 0.25) is 0 Å². The number of hydrogen-bond donors (Lipinski definition) is 1. The van der Waals surface area contributed by atoms with Gasteiger partial charge in [-0.05, 0) is 102 Å². The number of benzene rings is 1. The molecule has 0 atom stereocenters. The Morgan fingerprint density at radius 1 is 0.700 bits per heavy atom. The molecule has 14 heteroatoms. The number of pyridine rings is 2. The average molecular weight is 702 g/mol. The van der Waals surface area contributed by atoms with Gasteiger partial charge in [0.05, 0.1) is 31.1 Å². The third kappa shape index (κ3) is 14.7. The van der Waals surface area contributed by atoms with Gasteiger partial charge in [0.2, 0.25) is 0 Å². The van der Waals surface area contributed by atoms with E-state index >= 15 is 0 Å². The van der Waals surface area contributed by atoms with Crippen molar-refractivity contribution in [3.63, 3.8) is 0 Å². The highest BCUT2D eigenvalue weighted by molar-refractivity contribution is 5.81. The normalized spacial score (nSPS) is 11.8. The molecule has 3 aromatic rings. The van der Waals surface area contributed by atoms with Crippen molar-refractivity contribution in [1.29, 1.82) is 0 Å². The molecule has 3 amide bonds. The first kappa shape index (κ1) is 39.6. The zero-order valence-electron chi connectivity index (χ0n) is 29.4. The molecule has 2 heterocycles. The van der Waals surface area contributed by atoms with E-state index < -0.39 is 35.5 Å². The molecule has 11 nitrogen and oxygen atoms in total. The molecule has 0 unspecified atom stereocenters. The fourth-order valence-electron chi connectivity index (χ4n) is 4.55. The number of hydrogen-bond acceptors (Lipinski definition) is 8. The quantitative estimate of drug-likeness (QED) is 0.175. The lowest BCUT2D eigenvalue weighted by molar-refractivity contribution is -0.173. The van der Waals surface area contributed by atoms with Crippen molar-refractivity contribution in [2.75, 3.05) is 13.2 Å². The molecule has 0 bridgehead atoms. The molecule has 50 heavy (non-hydrogen) atoms. The first-order valence-electron chi connectivity index (χ1n) is 16.2. The molecule has 0 aliphatic carbocycles. The summed E-state index contributed by atoms with van der Waals surface area (Å²) >= 11 is 0. The van der Waals surface area contributed by atoms with Crippen LogP contribution in [0.5, 0.6) is 5.75 Å². The van der Waals surface area contributed by atoms with Crippen LogP contribution in [0, 0.1) is 0 Å². The first-order valence-corrected chi connectivity index (χ1v) is 16.2. The van der Waals surface area contributed by atoms with Gasteiger partial charge in [-0.3, -0.25) is 24.6 Å². The van der Waals surface area contributed by atoms with Gasteiger partial charge in [0.1, 0.15) is 17.0 Å². The van der Waals surface area contributed by atoms with Crippen LogP contribution in [0.3, 0.4) is 0 Å². The van der Waals surface area contributed by atoms with E-state index in [1.807, 2.05) is 23.5 Å². The van der Waals surface area contributed by atoms with Crippen LogP contribution >= 0.6 is 0 Å². The van der Waals surface area contributed by atoms with Gasteiger partial charge < -0.3 is 19.5 Å². The van der Waals surface area contributed by atoms with Crippen molar-refractivity contribution < 1.29 is 41.8 Å². The number of ether oxygens (including phenoxy) is 3. The summed E-state index contributed by atoms with van der Waals surface area (Å²) < 4.78 is 54.9. The summed E-state index contributed by atoms with van der Waals surface area (Å²) in [7, 11) is 0. The summed E-state index contributed by atoms with van der Waals surface area (Å²) in [4.78, 5) is 49.6. The zero-order chi connectivity index (χ0) is 37.0. The topological polar surface area (TPSA) is 123 Å². The molecule has 1 aromatic carbocycles. The molecule has 0 saturated carbocycles. The largest absolute Gasteiger partial charge is 0.494 e. The Morgan fingerprint density at radius 3 is 1.58 bits per heavy atom. The van der Waals surface area contributed by atoms with Crippen LogP contribution < -0.4 is 10.1 Å². The number of unbranched alkanes of at least 4 members (excludes halogenated alkanes) is 1. The van der Waals surface area contributed by atoms with E-state index in [2.05, 4.69) is 9.97 Å². The van der Waals surface area contributed by atoms with E-state index in [1.54, 1.807) is 90.3 Å². The highest BCUT2D eigenvalue weighted by Crippen LogP contribution is 2.24. The zero-order valence-corrected chi connectivity index (χ0v) is 29.4. The second-order valence-electron chi connectivity index (χ2n) is 13.6. The van der Waals surface area contributed by atoms with Gasteiger partial charge >= 0.3 is 24.3 Å². The maximum Gasteiger partial charge on any atom is 0.471 e. The van der Waals surface area contributed by atoms with E-state index in [1.165, 1.54) is 9.80 Å². The number of carbonyl (C=O) groups excluding carboxylic acids is 3. The van der Waals surface area contributed by atoms with Crippen molar-refractivity contribution in [2.45, 2.75) is 97.9 Å². The van der Waals surface area contributed by atoms with Crippen molar-refractivity contribution in [1.82, 2.24) is 25.1 Å². The maximum atomic E-state index is 13.4. The van der Waals surface area contributed by atoms with Crippen LogP contribution in [-0.4, -0.2) is 68.4 Å². The lowest BCUT2D eigenvalue weighted by atomic mass is 10.1. The van der Waals surface area contributed by atoms with Crippen LogP contribution in [0.1, 0.15) is 76.9 Å². The monoisotopic (exact) mass is 701 g/mol. The van der Waals surface area contributed by atoms with Crippen molar-refractivity contribution in [3.05, 3.63) is 89.5 Å². The molecule has 0 aliphatic heterocycles. The highest BCUT2D eigenvalue weighted by Gasteiger charge is 2.38. The van der Waals surface area contributed by atoms with Crippen LogP contribution in [-0.2, 0) is 40.4 Å². The van der Waals surface area contributed by atoms with E-state index in [9.17, 15) is 27.6 Å². The van der Waals surface area contributed by atoms with Gasteiger partial charge in [-0.1, -0.05) is 18.2 Å². The maximum absolute atomic E-state index is 13.4. The van der Waals surface area contributed by atoms with Gasteiger partial charge in [-0.25, -0.2) is 9.59 Å². The van der Waals surface area contributed by atoms with E-state index in [4.69, 9.17) is 14.2 Å². The standard InChI is InChI=1S/C36H46F3N5O6/c1-34(2,3)49-32(46)43(24-28-13-7-9-15-40-28)22-26-19-27(21-30(20-26)48-18-12-11-17-42-31(45)36(37,38)39)23-44(33(47)50-35(4,5)6)25-29-14-8-10-16-41-29/h7-10,13-16,19-21H,11-12,17-18,22-25H2,1-6H3,(H,42,45). The average Bonchev–Trinajstić information content (AvgIpc) is 3.01. The molecule has 2 aromatic heterocycles. The number of rotatable bonds is 14. The van der Waals surface area contributed by atoms with E-state index in [-0.39, 0.29) is 45.8 Å². The molecule has 0 spiro atoms. The fraction of sp³-hybridized carbons (Fsp3) is 0.472. The van der Waals surface area contributed by atoms with Crippen LogP contribution in [0.15, 0.2) is 67.0 Å². The van der Waals surface area contributed by atoms with E-state index in [0.717, 1.165) is 0 Å². The molecule has 0 fully saturated rings. The molecule has 0 aliphatic rings. The second-order valence-corrected chi connectivity index (χ2v) is 13.6. The summed E-state index contributed by atoms with van der Waals surface area (Å²) in [5, 5.41) is 1.85. The molecule has 0 saturated heterocycles. The summed E-state index contributed by atoms with van der Waals surface area (Å²) in [6.07, 6.45) is -2.18. The van der Waals surface area contributed by atoms with Crippen molar-refractivity contribution in [3.8, 4) is 5.75 Å². The molecule has 3 rings (SSSR count). The van der Waals surface area contributed by atoms with Gasteiger partial charge in [-0.15, -0.1) is 0 Å². The Kier molecular flexibility index (Phi) is 14.0. The van der Waals surface area contributed by atoms with Gasteiger partial charge in [-0.2, -0.15) is 13.2 Å². The summed E-state index contributed by atoms with van der Waals surface area (Å²) in [6.45, 7) is 11.1. The summed E-state index contributed by atoms with van der Waals surface area (Å²) in [6, 6.07) is 16.2. The van der Waals surface area contributed by atoms with Crippen molar-refractivity contribution >= 4 is 18.1 Å². The first-order chi connectivity index (χ1) is 23.4. The third-order valence-corrected chi connectivity index (χ3v) is 6.62. The smallest absolute Gasteiger partial charge is 0.471 e. The van der Waals surface area contributed by atoms with E-state index in [0.29, 0.717) is 34.7 Å². The number of halogens is 3. The number of aromatic nitrogens is 2. The van der Waals surface area contributed by atoms with Crippen LogP contribution in [0.4, 0.5) is 22.8 Å². The third-order valence-electron chi connectivity index (χ3n) is 6.62. The lowest BCUT2D eigenvalue weighted by Gasteiger charge is -2.29. The van der Waals surface area contributed by atoms with Gasteiger partial charge in [0, 0.05) is 32.0 Å². The lowest BCUT2D eigenvalue weighted by Crippen LogP contribution is -2.37. The fourth-order valence-corrected chi connectivity index (χ4v) is 4.55. The summed E-state index contributed by atoms with van der Waals surface area (Å²) in [5.41, 5.74) is 1.12. The minimum Gasteiger partial charge on any atom is -0.494 e. The minimum atomic E-state index is -4.94. The Hall–Kier alpha value is -4.88. The molecule has 1 N–H and O–H groups in total. The number of nitrogens with zero attached hydrogens (tertiary/aromatic N) is 4. The minimum absolute atomic E-state index is 0.103. The van der Waals surface area contributed by atoms with Gasteiger partial charge in [0.25, 0.3) is 0 Å².